The third-order valence-corrected chi connectivity index (χ3v) is 4.68. The number of halogens is 2. The molecular weight excluding hydrogens is 309 g/mol. The van der Waals surface area contributed by atoms with Crippen molar-refractivity contribution in [1.29, 1.82) is 0 Å². The summed E-state index contributed by atoms with van der Waals surface area (Å²) in [5.74, 6) is 0.743. The molecule has 0 fully saturated rings. The molecule has 0 spiro atoms. The molecule has 0 saturated carbocycles. The lowest BCUT2D eigenvalue weighted by Gasteiger charge is -2.08. The highest BCUT2D eigenvalue weighted by atomic mass is 35.7. The minimum atomic E-state index is -3.88. The van der Waals surface area contributed by atoms with Gasteiger partial charge < -0.3 is 4.57 Å². The predicted octanol–water partition coefficient (Wildman–Crippen LogP) is 3.06. The van der Waals surface area contributed by atoms with Gasteiger partial charge in [0.1, 0.15) is 21.5 Å². The Bertz CT molecular complexity index is 740. The van der Waals surface area contributed by atoms with Gasteiger partial charge in [0.15, 0.2) is 0 Å². The van der Waals surface area contributed by atoms with Gasteiger partial charge >= 0.3 is 0 Å². The van der Waals surface area contributed by atoms with Gasteiger partial charge in [-0.25, -0.2) is 18.4 Å². The maximum Gasteiger partial charge on any atom is 0.263 e. The van der Waals surface area contributed by atoms with E-state index in [0.717, 1.165) is 6.42 Å². The third kappa shape index (κ3) is 2.57. The average Bonchev–Trinajstić information content (AvgIpc) is 2.66. The van der Waals surface area contributed by atoms with Crippen molar-refractivity contribution in [3.05, 3.63) is 17.2 Å². The van der Waals surface area contributed by atoms with Gasteiger partial charge in [-0.2, -0.15) is 0 Å². The zero-order valence-corrected chi connectivity index (χ0v) is 13.0. The van der Waals surface area contributed by atoms with E-state index in [1.54, 1.807) is 11.6 Å². The van der Waals surface area contributed by atoms with Gasteiger partial charge in [0.05, 0.1) is 5.39 Å². The van der Waals surface area contributed by atoms with E-state index in [1.807, 2.05) is 13.8 Å². The lowest BCUT2D eigenvalue weighted by molar-refractivity contribution is 0.610. The molecule has 2 aromatic heterocycles. The number of aryl methyl sites for hydroxylation is 1. The third-order valence-electron chi connectivity index (χ3n) is 3.07. The van der Waals surface area contributed by atoms with Crippen LogP contribution in [-0.2, 0) is 16.1 Å². The van der Waals surface area contributed by atoms with E-state index in [0.29, 0.717) is 11.5 Å². The van der Waals surface area contributed by atoms with Crippen LogP contribution in [0.2, 0.25) is 5.15 Å². The first kappa shape index (κ1) is 14.6. The molecule has 0 radical (unpaired) electrons. The van der Waals surface area contributed by atoms with Gasteiger partial charge in [-0.15, -0.1) is 0 Å². The normalized spacial score (nSPS) is 13.9. The molecule has 1 atom stereocenters. The van der Waals surface area contributed by atoms with Crippen LogP contribution in [0.5, 0.6) is 0 Å². The Hall–Kier alpha value is -0.850. The molecule has 0 aliphatic rings. The van der Waals surface area contributed by atoms with E-state index in [9.17, 15) is 8.42 Å². The Morgan fingerprint density at radius 2 is 2.05 bits per heavy atom. The Balaban J connectivity index is 2.82. The lowest BCUT2D eigenvalue weighted by Crippen LogP contribution is -2.02. The molecule has 2 heterocycles. The standard InChI is InChI=1S/C11H13Cl2N3O2S/c1-4-6(2)10-14-9(12)8-7(19(13,17)18)5-16(3)11(8)15-10/h5-6H,4H2,1-3H3/t6-/m0/s1. The fourth-order valence-electron chi connectivity index (χ4n) is 1.79. The highest BCUT2D eigenvalue weighted by Crippen LogP contribution is 2.32. The number of aromatic nitrogens is 3. The molecule has 2 rings (SSSR count). The Morgan fingerprint density at radius 1 is 1.42 bits per heavy atom. The molecule has 0 bridgehead atoms. The van der Waals surface area contributed by atoms with Gasteiger partial charge in [-0.3, -0.25) is 0 Å². The SMILES string of the molecule is CC[C@H](C)c1nc(Cl)c2c(S(=O)(=O)Cl)cn(C)c2n1. The van der Waals surface area contributed by atoms with Crippen molar-refractivity contribution in [2.24, 2.45) is 7.05 Å². The summed E-state index contributed by atoms with van der Waals surface area (Å²) in [5.41, 5.74) is 0.467. The molecule has 19 heavy (non-hydrogen) atoms. The number of rotatable bonds is 3. The molecule has 0 amide bonds. The largest absolute Gasteiger partial charge is 0.334 e. The van der Waals surface area contributed by atoms with Crippen molar-refractivity contribution < 1.29 is 8.42 Å². The average molecular weight is 322 g/mol. The van der Waals surface area contributed by atoms with Crippen LogP contribution >= 0.6 is 22.3 Å². The highest BCUT2D eigenvalue weighted by Gasteiger charge is 2.23. The van der Waals surface area contributed by atoms with Gasteiger partial charge in [0.2, 0.25) is 0 Å². The van der Waals surface area contributed by atoms with E-state index in [1.165, 1.54) is 6.20 Å². The van der Waals surface area contributed by atoms with Crippen LogP contribution in [-0.4, -0.2) is 23.0 Å². The fourth-order valence-corrected chi connectivity index (χ4v) is 3.19. The van der Waals surface area contributed by atoms with E-state index in [2.05, 4.69) is 9.97 Å². The molecule has 0 saturated heterocycles. The number of fused-ring (bicyclic) bond motifs is 1. The first-order chi connectivity index (χ1) is 8.75. The monoisotopic (exact) mass is 321 g/mol. The summed E-state index contributed by atoms with van der Waals surface area (Å²) in [6, 6.07) is 0. The van der Waals surface area contributed by atoms with Crippen molar-refractivity contribution in [1.82, 2.24) is 14.5 Å². The summed E-state index contributed by atoms with van der Waals surface area (Å²) in [5, 5.41) is 0.381. The zero-order chi connectivity index (χ0) is 14.4. The van der Waals surface area contributed by atoms with E-state index >= 15 is 0 Å². The van der Waals surface area contributed by atoms with Crippen LogP contribution < -0.4 is 0 Å². The van der Waals surface area contributed by atoms with E-state index < -0.39 is 9.05 Å². The molecule has 0 aliphatic carbocycles. The molecule has 8 heteroatoms. The summed E-state index contributed by atoms with van der Waals surface area (Å²) in [6.07, 6.45) is 2.26. The zero-order valence-electron chi connectivity index (χ0n) is 10.7. The van der Waals surface area contributed by atoms with Crippen LogP contribution in [0.4, 0.5) is 0 Å². The second kappa shape index (κ2) is 4.92. The van der Waals surface area contributed by atoms with Crippen molar-refractivity contribution >= 4 is 42.4 Å². The van der Waals surface area contributed by atoms with Crippen LogP contribution in [0.3, 0.4) is 0 Å². The second-order valence-electron chi connectivity index (χ2n) is 4.42. The molecule has 0 unspecified atom stereocenters. The molecule has 0 aliphatic heterocycles. The van der Waals surface area contributed by atoms with E-state index in [4.69, 9.17) is 22.3 Å². The summed E-state index contributed by atoms with van der Waals surface area (Å²) < 4.78 is 24.6. The van der Waals surface area contributed by atoms with Crippen LogP contribution in [0.15, 0.2) is 11.1 Å². The van der Waals surface area contributed by atoms with Crippen LogP contribution in [0.25, 0.3) is 11.0 Å². The molecule has 2 aromatic rings. The molecule has 0 aromatic carbocycles. The van der Waals surface area contributed by atoms with Gasteiger partial charge in [-0.1, -0.05) is 25.4 Å². The van der Waals surface area contributed by atoms with Crippen molar-refractivity contribution in [2.45, 2.75) is 31.1 Å². The topological polar surface area (TPSA) is 64.8 Å². The maximum atomic E-state index is 11.5. The first-order valence-corrected chi connectivity index (χ1v) is 8.41. The first-order valence-electron chi connectivity index (χ1n) is 5.72. The molecule has 104 valence electrons. The Morgan fingerprint density at radius 3 is 2.58 bits per heavy atom. The van der Waals surface area contributed by atoms with Crippen LogP contribution in [0, 0.1) is 0 Å². The molecule has 0 N–H and O–H groups in total. The number of hydrogen-bond acceptors (Lipinski definition) is 4. The smallest absolute Gasteiger partial charge is 0.263 e. The van der Waals surface area contributed by atoms with Crippen molar-refractivity contribution in [2.75, 3.05) is 0 Å². The maximum absolute atomic E-state index is 11.5. The lowest BCUT2D eigenvalue weighted by atomic mass is 10.1. The summed E-state index contributed by atoms with van der Waals surface area (Å²) >= 11 is 6.10. The minimum absolute atomic E-state index is 0.0626. The number of nitrogens with zero attached hydrogens (tertiary/aromatic N) is 3. The van der Waals surface area contributed by atoms with E-state index in [-0.39, 0.29) is 21.4 Å². The molecule has 5 nitrogen and oxygen atoms in total. The van der Waals surface area contributed by atoms with Gasteiger partial charge in [0, 0.05) is 29.8 Å². The summed E-state index contributed by atoms with van der Waals surface area (Å²) in [4.78, 5) is 8.50. The predicted molar refractivity (Wildman–Crippen MR) is 75.3 cm³/mol. The second-order valence-corrected chi connectivity index (χ2v) is 7.31. The van der Waals surface area contributed by atoms with Crippen LogP contribution in [0.1, 0.15) is 32.0 Å². The Kier molecular flexibility index (Phi) is 3.77. The van der Waals surface area contributed by atoms with Gasteiger partial charge in [0.25, 0.3) is 9.05 Å². The minimum Gasteiger partial charge on any atom is -0.334 e. The fraction of sp³-hybridized carbons (Fsp3) is 0.455. The number of hydrogen-bond donors (Lipinski definition) is 0. The highest BCUT2D eigenvalue weighted by molar-refractivity contribution is 8.14. The summed E-state index contributed by atoms with van der Waals surface area (Å²) in [6.45, 7) is 4.01. The van der Waals surface area contributed by atoms with Crippen molar-refractivity contribution in [3.63, 3.8) is 0 Å². The Labute approximate surface area is 121 Å². The van der Waals surface area contributed by atoms with Crippen molar-refractivity contribution in [3.8, 4) is 0 Å². The summed E-state index contributed by atoms with van der Waals surface area (Å²) in [7, 11) is 3.21. The molecular formula is C11H13Cl2N3O2S. The van der Waals surface area contributed by atoms with Gasteiger partial charge in [-0.05, 0) is 6.42 Å². The quantitative estimate of drug-likeness (QED) is 0.643.